The van der Waals surface area contributed by atoms with Gasteiger partial charge in [0, 0.05) is 24.5 Å². The zero-order chi connectivity index (χ0) is 25.1. The standard InChI is InChI=1S/C23H22ClN3O6S2/c24-22-11-8-18(26-34(29,30)19-4-2-1-3-5-19)16-21(22)23(28)25-17-6-9-20(10-7-17)35(31,32)27-12-14-33-15-13-27/h1-11,16,26H,12-15H2,(H,25,28). The van der Waals surface area contributed by atoms with Crippen molar-refractivity contribution in [1.82, 2.24) is 4.31 Å². The van der Waals surface area contributed by atoms with Gasteiger partial charge in [-0.25, -0.2) is 16.8 Å². The second-order valence-corrected chi connectivity index (χ2v) is 11.6. The minimum absolute atomic E-state index is 0.0462. The summed E-state index contributed by atoms with van der Waals surface area (Å²) < 4.78 is 59.6. The Bertz CT molecular complexity index is 1420. The fourth-order valence-corrected chi connectivity index (χ4v) is 6.10. The summed E-state index contributed by atoms with van der Waals surface area (Å²) in [5, 5.41) is 2.77. The molecule has 2 N–H and O–H groups in total. The molecule has 12 heteroatoms. The van der Waals surface area contributed by atoms with Crippen molar-refractivity contribution < 1.29 is 26.4 Å². The first-order valence-corrected chi connectivity index (χ1v) is 13.8. The van der Waals surface area contributed by atoms with Crippen LogP contribution in [0.25, 0.3) is 0 Å². The third-order valence-corrected chi connectivity index (χ3v) is 8.88. The lowest BCUT2D eigenvalue weighted by atomic mass is 10.2. The number of amides is 1. The molecular formula is C23H22ClN3O6S2. The highest BCUT2D eigenvalue weighted by Crippen LogP contribution is 2.25. The predicted octanol–water partition coefficient (Wildman–Crippen LogP) is 3.41. The van der Waals surface area contributed by atoms with Gasteiger partial charge in [0.1, 0.15) is 0 Å². The van der Waals surface area contributed by atoms with E-state index in [4.69, 9.17) is 16.3 Å². The molecule has 0 spiro atoms. The lowest BCUT2D eigenvalue weighted by Gasteiger charge is -2.26. The second kappa shape index (κ2) is 10.3. The lowest BCUT2D eigenvalue weighted by Crippen LogP contribution is -2.40. The Labute approximate surface area is 208 Å². The van der Waals surface area contributed by atoms with E-state index in [2.05, 4.69) is 10.0 Å². The smallest absolute Gasteiger partial charge is 0.261 e. The fourth-order valence-electron chi connectivity index (χ4n) is 3.42. The van der Waals surface area contributed by atoms with E-state index in [0.29, 0.717) is 18.9 Å². The van der Waals surface area contributed by atoms with Crippen LogP contribution < -0.4 is 10.0 Å². The molecule has 9 nitrogen and oxygen atoms in total. The van der Waals surface area contributed by atoms with Crippen LogP contribution in [0.1, 0.15) is 10.4 Å². The number of hydrogen-bond acceptors (Lipinski definition) is 6. The molecule has 0 bridgehead atoms. The van der Waals surface area contributed by atoms with Crippen molar-refractivity contribution >= 4 is 48.9 Å². The van der Waals surface area contributed by atoms with Crippen LogP contribution >= 0.6 is 11.6 Å². The molecule has 4 rings (SSSR count). The van der Waals surface area contributed by atoms with Crippen LogP contribution in [0.5, 0.6) is 0 Å². The van der Waals surface area contributed by atoms with Gasteiger partial charge in [-0.1, -0.05) is 29.8 Å². The first-order valence-electron chi connectivity index (χ1n) is 10.5. The number of morpholine rings is 1. The number of sulfonamides is 2. The quantitative estimate of drug-likeness (QED) is 0.478. The van der Waals surface area contributed by atoms with Crippen molar-refractivity contribution in [2.45, 2.75) is 9.79 Å². The van der Waals surface area contributed by atoms with E-state index in [0.717, 1.165) is 0 Å². The number of anilines is 2. The third-order valence-electron chi connectivity index (χ3n) is 5.24. The van der Waals surface area contributed by atoms with Gasteiger partial charge in [-0.05, 0) is 54.6 Å². The Morgan fingerprint density at radius 2 is 1.46 bits per heavy atom. The predicted molar refractivity (Wildman–Crippen MR) is 133 cm³/mol. The molecule has 1 saturated heterocycles. The van der Waals surface area contributed by atoms with E-state index in [-0.39, 0.29) is 39.2 Å². The number of carbonyl (C=O) groups excluding carboxylic acids is 1. The maximum atomic E-state index is 12.8. The van der Waals surface area contributed by atoms with Crippen molar-refractivity contribution in [3.05, 3.63) is 83.4 Å². The Morgan fingerprint density at radius 3 is 2.11 bits per heavy atom. The fraction of sp³-hybridized carbons (Fsp3) is 0.174. The maximum Gasteiger partial charge on any atom is 0.261 e. The van der Waals surface area contributed by atoms with E-state index in [9.17, 15) is 21.6 Å². The summed E-state index contributed by atoms with van der Waals surface area (Å²) in [7, 11) is -7.51. The zero-order valence-electron chi connectivity index (χ0n) is 18.3. The van der Waals surface area contributed by atoms with Gasteiger partial charge in [-0.15, -0.1) is 0 Å². The minimum atomic E-state index is -3.85. The zero-order valence-corrected chi connectivity index (χ0v) is 20.7. The van der Waals surface area contributed by atoms with Crippen LogP contribution in [-0.2, 0) is 24.8 Å². The second-order valence-electron chi connectivity index (χ2n) is 7.61. The highest BCUT2D eigenvalue weighted by molar-refractivity contribution is 7.92. The van der Waals surface area contributed by atoms with E-state index in [1.54, 1.807) is 18.2 Å². The molecule has 0 aromatic heterocycles. The minimum Gasteiger partial charge on any atom is -0.379 e. The molecule has 0 atom stereocenters. The summed E-state index contributed by atoms with van der Waals surface area (Å²) in [5.41, 5.74) is 0.558. The molecule has 0 aliphatic carbocycles. The molecule has 1 amide bonds. The van der Waals surface area contributed by atoms with Gasteiger partial charge in [0.05, 0.1) is 33.6 Å². The van der Waals surface area contributed by atoms with E-state index in [1.807, 2.05) is 0 Å². The van der Waals surface area contributed by atoms with Crippen LogP contribution in [0.15, 0.2) is 82.6 Å². The van der Waals surface area contributed by atoms with Gasteiger partial charge in [0.2, 0.25) is 10.0 Å². The Balaban J connectivity index is 1.49. The Hall–Kier alpha value is -2.96. The van der Waals surface area contributed by atoms with Crippen LogP contribution in [0.4, 0.5) is 11.4 Å². The first kappa shape index (κ1) is 25.1. The lowest BCUT2D eigenvalue weighted by molar-refractivity contribution is 0.0730. The number of rotatable bonds is 7. The normalized spacial score (nSPS) is 14.9. The largest absolute Gasteiger partial charge is 0.379 e. The molecule has 3 aromatic carbocycles. The van der Waals surface area contributed by atoms with Gasteiger partial charge >= 0.3 is 0 Å². The van der Waals surface area contributed by atoms with Crippen molar-refractivity contribution in [3.8, 4) is 0 Å². The van der Waals surface area contributed by atoms with Gasteiger partial charge in [0.15, 0.2) is 0 Å². The van der Waals surface area contributed by atoms with Crippen molar-refractivity contribution in [3.63, 3.8) is 0 Å². The average Bonchev–Trinajstić information content (AvgIpc) is 2.86. The van der Waals surface area contributed by atoms with Crippen LogP contribution in [0.2, 0.25) is 5.02 Å². The van der Waals surface area contributed by atoms with Crippen LogP contribution in [0.3, 0.4) is 0 Å². The molecule has 0 unspecified atom stereocenters. The first-order chi connectivity index (χ1) is 16.7. The summed E-state index contributed by atoms with van der Waals surface area (Å²) in [6, 6.07) is 17.8. The summed E-state index contributed by atoms with van der Waals surface area (Å²) in [6.07, 6.45) is 0. The third kappa shape index (κ3) is 5.82. The SMILES string of the molecule is O=C(Nc1ccc(S(=O)(=O)N2CCOCC2)cc1)c1cc(NS(=O)(=O)c2ccccc2)ccc1Cl. The number of hydrogen-bond donors (Lipinski definition) is 2. The monoisotopic (exact) mass is 535 g/mol. The Kier molecular flexibility index (Phi) is 7.43. The highest BCUT2D eigenvalue weighted by Gasteiger charge is 2.26. The summed E-state index contributed by atoms with van der Waals surface area (Å²) in [5.74, 6) is -0.584. The topological polar surface area (TPSA) is 122 Å². The van der Waals surface area contributed by atoms with E-state index < -0.39 is 26.0 Å². The number of benzene rings is 3. The molecule has 184 valence electrons. The molecule has 1 aliphatic rings. The van der Waals surface area contributed by atoms with Crippen molar-refractivity contribution in [1.29, 1.82) is 0 Å². The number of nitrogens with one attached hydrogen (secondary N) is 2. The highest BCUT2D eigenvalue weighted by atomic mass is 35.5. The number of ether oxygens (including phenoxy) is 1. The molecule has 3 aromatic rings. The number of carbonyl (C=O) groups is 1. The van der Waals surface area contributed by atoms with E-state index in [1.165, 1.54) is 58.9 Å². The summed E-state index contributed by atoms with van der Waals surface area (Å²) >= 11 is 6.18. The van der Waals surface area contributed by atoms with Gasteiger partial charge in [-0.2, -0.15) is 4.31 Å². The number of halogens is 1. The number of nitrogens with zero attached hydrogens (tertiary/aromatic N) is 1. The average molecular weight is 536 g/mol. The molecular weight excluding hydrogens is 514 g/mol. The van der Waals surface area contributed by atoms with Gasteiger partial charge in [0.25, 0.3) is 15.9 Å². The maximum absolute atomic E-state index is 12.8. The molecule has 0 radical (unpaired) electrons. The van der Waals surface area contributed by atoms with Gasteiger partial charge < -0.3 is 10.1 Å². The Morgan fingerprint density at radius 1 is 0.829 bits per heavy atom. The van der Waals surface area contributed by atoms with Crippen molar-refractivity contribution in [2.24, 2.45) is 0 Å². The van der Waals surface area contributed by atoms with Gasteiger partial charge in [-0.3, -0.25) is 9.52 Å². The molecule has 1 aliphatic heterocycles. The summed E-state index contributed by atoms with van der Waals surface area (Å²) in [6.45, 7) is 1.25. The molecule has 1 heterocycles. The van der Waals surface area contributed by atoms with Crippen LogP contribution in [0, 0.1) is 0 Å². The van der Waals surface area contributed by atoms with Crippen molar-refractivity contribution in [2.75, 3.05) is 36.3 Å². The van der Waals surface area contributed by atoms with E-state index >= 15 is 0 Å². The molecule has 0 saturated carbocycles. The van der Waals surface area contributed by atoms with Crippen LogP contribution in [-0.4, -0.2) is 53.4 Å². The molecule has 1 fully saturated rings. The summed E-state index contributed by atoms with van der Waals surface area (Å²) in [4.78, 5) is 13.0. The molecule has 35 heavy (non-hydrogen) atoms.